The first-order chi connectivity index (χ1) is 9.53. The SMILES string of the molecule is CCS(=O)(=O)N1CCC[C@H](C(=O)Nc2ccccc2)C1. The second-order valence-electron chi connectivity index (χ2n) is 4.95. The van der Waals surface area contributed by atoms with E-state index in [-0.39, 0.29) is 24.1 Å². The lowest BCUT2D eigenvalue weighted by Gasteiger charge is -2.30. The molecule has 0 bridgehead atoms. The van der Waals surface area contributed by atoms with E-state index in [2.05, 4.69) is 5.32 Å². The highest BCUT2D eigenvalue weighted by atomic mass is 32.2. The zero-order valence-corrected chi connectivity index (χ0v) is 12.4. The van der Waals surface area contributed by atoms with Crippen molar-refractivity contribution in [3.63, 3.8) is 0 Å². The van der Waals surface area contributed by atoms with Crippen molar-refractivity contribution in [2.45, 2.75) is 19.8 Å². The highest BCUT2D eigenvalue weighted by molar-refractivity contribution is 7.89. The van der Waals surface area contributed by atoms with Crippen molar-refractivity contribution >= 4 is 21.6 Å². The summed E-state index contributed by atoms with van der Waals surface area (Å²) in [5, 5.41) is 2.84. The first kappa shape index (κ1) is 15.0. The maximum Gasteiger partial charge on any atom is 0.228 e. The summed E-state index contributed by atoms with van der Waals surface area (Å²) < 4.78 is 25.2. The molecule has 0 radical (unpaired) electrons. The summed E-state index contributed by atoms with van der Waals surface area (Å²) in [6, 6.07) is 9.23. The fourth-order valence-electron chi connectivity index (χ4n) is 2.36. The lowest BCUT2D eigenvalue weighted by Crippen LogP contribution is -2.44. The van der Waals surface area contributed by atoms with Crippen molar-refractivity contribution in [3.05, 3.63) is 30.3 Å². The van der Waals surface area contributed by atoms with Crippen LogP contribution in [-0.2, 0) is 14.8 Å². The van der Waals surface area contributed by atoms with E-state index in [4.69, 9.17) is 0 Å². The first-order valence-corrected chi connectivity index (χ1v) is 8.47. The van der Waals surface area contributed by atoms with Gasteiger partial charge >= 0.3 is 0 Å². The minimum Gasteiger partial charge on any atom is -0.326 e. The van der Waals surface area contributed by atoms with Crippen LogP contribution in [0.15, 0.2) is 30.3 Å². The molecule has 1 aliphatic heterocycles. The Bertz CT molecular complexity index is 557. The fraction of sp³-hybridized carbons (Fsp3) is 0.500. The lowest BCUT2D eigenvalue weighted by atomic mass is 9.99. The van der Waals surface area contributed by atoms with Crippen LogP contribution in [0.5, 0.6) is 0 Å². The number of hydrogen-bond donors (Lipinski definition) is 1. The molecule has 1 saturated heterocycles. The van der Waals surface area contributed by atoms with Gasteiger partial charge in [0.2, 0.25) is 15.9 Å². The third-order valence-electron chi connectivity index (χ3n) is 3.55. The Morgan fingerprint density at radius 2 is 2.05 bits per heavy atom. The molecule has 0 unspecified atom stereocenters. The summed E-state index contributed by atoms with van der Waals surface area (Å²) in [7, 11) is -3.21. The molecule has 1 aromatic carbocycles. The topological polar surface area (TPSA) is 66.5 Å². The van der Waals surface area contributed by atoms with E-state index >= 15 is 0 Å². The largest absolute Gasteiger partial charge is 0.326 e. The second-order valence-corrected chi connectivity index (χ2v) is 7.21. The van der Waals surface area contributed by atoms with Crippen molar-refractivity contribution in [2.75, 3.05) is 24.2 Å². The van der Waals surface area contributed by atoms with Crippen molar-refractivity contribution < 1.29 is 13.2 Å². The van der Waals surface area contributed by atoms with Crippen LogP contribution in [0, 0.1) is 5.92 Å². The molecule has 1 N–H and O–H groups in total. The van der Waals surface area contributed by atoms with Crippen molar-refractivity contribution in [1.29, 1.82) is 0 Å². The van der Waals surface area contributed by atoms with Crippen molar-refractivity contribution in [1.82, 2.24) is 4.31 Å². The molecular weight excluding hydrogens is 276 g/mol. The van der Waals surface area contributed by atoms with Crippen LogP contribution in [0.3, 0.4) is 0 Å². The van der Waals surface area contributed by atoms with Crippen LogP contribution in [0.2, 0.25) is 0 Å². The molecule has 0 spiro atoms. The predicted molar refractivity (Wildman–Crippen MR) is 78.8 cm³/mol. The number of hydrogen-bond acceptors (Lipinski definition) is 3. The van der Waals surface area contributed by atoms with E-state index in [1.54, 1.807) is 6.92 Å². The third kappa shape index (κ3) is 3.58. The standard InChI is InChI=1S/C14H20N2O3S/c1-2-20(18,19)16-10-6-7-12(11-16)14(17)15-13-8-4-3-5-9-13/h3-5,8-9,12H,2,6-7,10-11H2,1H3,(H,15,17)/t12-/m0/s1. The highest BCUT2D eigenvalue weighted by Crippen LogP contribution is 2.21. The maximum atomic E-state index is 12.2. The monoisotopic (exact) mass is 296 g/mol. The van der Waals surface area contributed by atoms with Gasteiger partial charge in [-0.3, -0.25) is 4.79 Å². The molecule has 110 valence electrons. The van der Waals surface area contributed by atoms with Gasteiger partial charge in [0.1, 0.15) is 0 Å². The summed E-state index contributed by atoms with van der Waals surface area (Å²) in [6.45, 7) is 2.43. The first-order valence-electron chi connectivity index (χ1n) is 6.86. The molecule has 2 rings (SSSR count). The Balaban J connectivity index is 2.00. The third-order valence-corrected chi connectivity index (χ3v) is 5.40. The average Bonchev–Trinajstić information content (AvgIpc) is 2.48. The molecule has 1 aromatic rings. The van der Waals surface area contributed by atoms with Gasteiger partial charge in [0.25, 0.3) is 0 Å². The summed E-state index contributed by atoms with van der Waals surface area (Å²) in [5.41, 5.74) is 0.743. The number of carbonyl (C=O) groups excluding carboxylic acids is 1. The molecule has 1 atom stereocenters. The van der Waals surface area contributed by atoms with Gasteiger partial charge in [-0.1, -0.05) is 18.2 Å². The zero-order valence-electron chi connectivity index (χ0n) is 11.6. The quantitative estimate of drug-likeness (QED) is 0.919. The fourth-order valence-corrected chi connectivity index (χ4v) is 3.54. The lowest BCUT2D eigenvalue weighted by molar-refractivity contribution is -0.120. The van der Waals surface area contributed by atoms with E-state index in [0.717, 1.165) is 18.5 Å². The number of nitrogens with one attached hydrogen (secondary N) is 1. The van der Waals surface area contributed by atoms with Crippen LogP contribution in [0.25, 0.3) is 0 Å². The summed E-state index contributed by atoms with van der Waals surface area (Å²) in [6.07, 6.45) is 1.46. The van der Waals surface area contributed by atoms with E-state index in [1.165, 1.54) is 4.31 Å². The summed E-state index contributed by atoms with van der Waals surface area (Å²) >= 11 is 0. The molecule has 0 aromatic heterocycles. The number of amides is 1. The van der Waals surface area contributed by atoms with Crippen LogP contribution in [0.4, 0.5) is 5.69 Å². The molecule has 6 heteroatoms. The number of carbonyl (C=O) groups is 1. The van der Waals surface area contributed by atoms with Crippen LogP contribution in [0.1, 0.15) is 19.8 Å². The van der Waals surface area contributed by atoms with Gasteiger partial charge in [-0.2, -0.15) is 0 Å². The van der Waals surface area contributed by atoms with E-state index in [9.17, 15) is 13.2 Å². The van der Waals surface area contributed by atoms with Gasteiger partial charge < -0.3 is 5.32 Å². The van der Waals surface area contributed by atoms with Crippen LogP contribution in [-0.4, -0.2) is 37.5 Å². The number of para-hydroxylation sites is 1. The zero-order chi connectivity index (χ0) is 14.6. The van der Waals surface area contributed by atoms with Gasteiger partial charge in [-0.05, 0) is 31.9 Å². The Hall–Kier alpha value is -1.40. The number of anilines is 1. The van der Waals surface area contributed by atoms with Crippen LogP contribution < -0.4 is 5.32 Å². The van der Waals surface area contributed by atoms with Gasteiger partial charge in [-0.15, -0.1) is 0 Å². The van der Waals surface area contributed by atoms with Gasteiger partial charge in [-0.25, -0.2) is 12.7 Å². The Morgan fingerprint density at radius 3 is 2.70 bits per heavy atom. The predicted octanol–water partition coefficient (Wildman–Crippen LogP) is 1.69. The molecular formula is C14H20N2O3S. The minimum atomic E-state index is -3.21. The highest BCUT2D eigenvalue weighted by Gasteiger charge is 2.31. The van der Waals surface area contributed by atoms with Crippen molar-refractivity contribution in [3.8, 4) is 0 Å². The smallest absolute Gasteiger partial charge is 0.228 e. The number of rotatable bonds is 4. The average molecular weight is 296 g/mol. The molecule has 20 heavy (non-hydrogen) atoms. The maximum absolute atomic E-state index is 12.2. The van der Waals surface area contributed by atoms with E-state index in [1.807, 2.05) is 30.3 Å². The van der Waals surface area contributed by atoms with E-state index < -0.39 is 10.0 Å². The normalized spacial score (nSPS) is 20.6. The molecule has 1 heterocycles. The number of sulfonamides is 1. The molecule has 1 aliphatic rings. The molecule has 5 nitrogen and oxygen atoms in total. The van der Waals surface area contributed by atoms with Crippen molar-refractivity contribution in [2.24, 2.45) is 5.92 Å². The number of benzene rings is 1. The van der Waals surface area contributed by atoms with Crippen LogP contribution >= 0.6 is 0 Å². The summed E-state index contributed by atoms with van der Waals surface area (Å²) in [4.78, 5) is 12.2. The molecule has 1 amide bonds. The Labute approximate surface area is 120 Å². The van der Waals surface area contributed by atoms with Gasteiger partial charge in [0.15, 0.2) is 0 Å². The molecule has 0 aliphatic carbocycles. The second kappa shape index (κ2) is 6.37. The van der Waals surface area contributed by atoms with Gasteiger partial charge in [0, 0.05) is 18.8 Å². The Kier molecular flexibility index (Phi) is 4.77. The van der Waals surface area contributed by atoms with Gasteiger partial charge in [0.05, 0.1) is 11.7 Å². The number of nitrogens with zero attached hydrogens (tertiary/aromatic N) is 1. The molecule has 0 saturated carbocycles. The minimum absolute atomic E-state index is 0.0834. The molecule has 1 fully saturated rings. The van der Waals surface area contributed by atoms with E-state index in [0.29, 0.717) is 6.54 Å². The summed E-state index contributed by atoms with van der Waals surface area (Å²) in [5.74, 6) is -0.294. The Morgan fingerprint density at radius 1 is 1.35 bits per heavy atom. The number of piperidine rings is 1.